The quantitative estimate of drug-likeness (QED) is 0.666. The fourth-order valence-corrected chi connectivity index (χ4v) is 1.26. The lowest BCUT2D eigenvalue weighted by atomic mass is 10.1. The number of halogens is 3. The van der Waals surface area contributed by atoms with E-state index in [1.165, 1.54) is 0 Å². The van der Waals surface area contributed by atoms with Gasteiger partial charge in [0.15, 0.2) is 5.78 Å². The Morgan fingerprint density at radius 2 is 1.93 bits per heavy atom. The summed E-state index contributed by atoms with van der Waals surface area (Å²) in [6.45, 7) is 3.94. The number of alkyl halides is 3. The number of hydrogen-bond acceptors (Lipinski definition) is 2. The van der Waals surface area contributed by atoms with Gasteiger partial charge in [-0.15, -0.1) is 0 Å². The molecular weight excluding hydrogens is 209 g/mol. The number of Topliss-reactive ketones (excluding diaryl/α,β-unsaturated/α-hetero) is 1. The molecular formula is C10H17F3O2. The lowest BCUT2D eigenvalue weighted by Crippen LogP contribution is -2.23. The average Bonchev–Trinajstić information content (AvgIpc) is 2.11. The van der Waals surface area contributed by atoms with Crippen LogP contribution in [0.4, 0.5) is 13.2 Å². The zero-order valence-electron chi connectivity index (χ0n) is 9.06. The van der Waals surface area contributed by atoms with Crippen molar-refractivity contribution in [3.05, 3.63) is 0 Å². The summed E-state index contributed by atoms with van der Waals surface area (Å²) < 4.78 is 40.5. The molecule has 0 fully saturated rings. The van der Waals surface area contributed by atoms with Gasteiger partial charge in [0.2, 0.25) is 0 Å². The SMILES string of the molecule is CCOC(CC)C(=O)CCCC(F)(F)F. The average molecular weight is 226 g/mol. The van der Waals surface area contributed by atoms with Crippen LogP contribution in [-0.4, -0.2) is 24.7 Å². The summed E-state index contributed by atoms with van der Waals surface area (Å²) in [6, 6.07) is 0. The van der Waals surface area contributed by atoms with Crippen molar-refractivity contribution < 1.29 is 22.7 Å². The summed E-state index contributed by atoms with van der Waals surface area (Å²) >= 11 is 0. The second-order valence-corrected chi connectivity index (χ2v) is 3.29. The molecule has 0 aromatic carbocycles. The van der Waals surface area contributed by atoms with E-state index in [4.69, 9.17) is 4.74 Å². The second kappa shape index (κ2) is 6.82. The molecule has 90 valence electrons. The maximum absolute atomic E-state index is 11.8. The molecule has 0 aliphatic heterocycles. The Kier molecular flexibility index (Phi) is 6.56. The van der Waals surface area contributed by atoms with E-state index < -0.39 is 18.7 Å². The highest BCUT2D eigenvalue weighted by Crippen LogP contribution is 2.22. The van der Waals surface area contributed by atoms with Gasteiger partial charge in [0.25, 0.3) is 0 Å². The smallest absolute Gasteiger partial charge is 0.371 e. The van der Waals surface area contributed by atoms with Crippen molar-refractivity contribution in [3.63, 3.8) is 0 Å². The van der Waals surface area contributed by atoms with E-state index in [1.807, 2.05) is 0 Å². The highest BCUT2D eigenvalue weighted by Gasteiger charge is 2.27. The molecule has 0 radical (unpaired) electrons. The summed E-state index contributed by atoms with van der Waals surface area (Å²) in [7, 11) is 0. The Morgan fingerprint density at radius 3 is 2.33 bits per heavy atom. The maximum atomic E-state index is 11.8. The van der Waals surface area contributed by atoms with E-state index in [1.54, 1.807) is 13.8 Å². The Labute approximate surface area is 87.8 Å². The molecule has 1 unspecified atom stereocenters. The molecule has 0 bridgehead atoms. The van der Waals surface area contributed by atoms with Crippen LogP contribution in [0.5, 0.6) is 0 Å². The predicted molar refractivity (Wildman–Crippen MR) is 50.6 cm³/mol. The number of carbonyl (C=O) groups excluding carboxylic acids is 1. The third-order valence-electron chi connectivity index (χ3n) is 1.98. The third kappa shape index (κ3) is 7.36. The molecule has 0 aliphatic carbocycles. The summed E-state index contributed by atoms with van der Waals surface area (Å²) in [6.07, 6.45) is -5.31. The van der Waals surface area contributed by atoms with Crippen molar-refractivity contribution in [2.45, 2.75) is 51.8 Å². The number of hydrogen-bond donors (Lipinski definition) is 0. The second-order valence-electron chi connectivity index (χ2n) is 3.29. The van der Waals surface area contributed by atoms with Crippen LogP contribution in [0.25, 0.3) is 0 Å². The molecule has 1 atom stereocenters. The molecule has 0 N–H and O–H groups in total. The minimum Gasteiger partial charge on any atom is -0.371 e. The first kappa shape index (κ1) is 14.4. The highest BCUT2D eigenvalue weighted by molar-refractivity contribution is 5.82. The van der Waals surface area contributed by atoms with Gasteiger partial charge in [-0.2, -0.15) is 13.2 Å². The number of rotatable bonds is 7. The number of carbonyl (C=O) groups is 1. The number of ether oxygens (including phenoxy) is 1. The highest BCUT2D eigenvalue weighted by atomic mass is 19.4. The lowest BCUT2D eigenvalue weighted by molar-refractivity contribution is -0.139. The van der Waals surface area contributed by atoms with Crippen LogP contribution in [0, 0.1) is 0 Å². The van der Waals surface area contributed by atoms with Gasteiger partial charge in [-0.25, -0.2) is 0 Å². The molecule has 0 saturated carbocycles. The summed E-state index contributed by atoms with van der Waals surface area (Å²) in [5.41, 5.74) is 0. The van der Waals surface area contributed by atoms with Gasteiger partial charge in [-0.3, -0.25) is 4.79 Å². The molecule has 0 aromatic rings. The van der Waals surface area contributed by atoms with Crippen LogP contribution in [0.1, 0.15) is 39.5 Å². The van der Waals surface area contributed by atoms with E-state index >= 15 is 0 Å². The van der Waals surface area contributed by atoms with E-state index in [0.29, 0.717) is 13.0 Å². The van der Waals surface area contributed by atoms with Crippen LogP contribution < -0.4 is 0 Å². The van der Waals surface area contributed by atoms with Crippen LogP contribution in [-0.2, 0) is 9.53 Å². The Hall–Kier alpha value is -0.580. The van der Waals surface area contributed by atoms with Crippen molar-refractivity contribution >= 4 is 5.78 Å². The van der Waals surface area contributed by atoms with E-state index in [-0.39, 0.29) is 18.6 Å². The van der Waals surface area contributed by atoms with E-state index in [0.717, 1.165) is 0 Å². The monoisotopic (exact) mass is 226 g/mol. The molecule has 2 nitrogen and oxygen atoms in total. The molecule has 0 spiro atoms. The summed E-state index contributed by atoms with van der Waals surface area (Å²) in [4.78, 5) is 11.4. The van der Waals surface area contributed by atoms with Gasteiger partial charge in [0.1, 0.15) is 6.10 Å². The first-order valence-electron chi connectivity index (χ1n) is 5.11. The van der Waals surface area contributed by atoms with Crippen molar-refractivity contribution in [1.29, 1.82) is 0 Å². The van der Waals surface area contributed by atoms with Gasteiger partial charge in [-0.05, 0) is 19.8 Å². The molecule has 5 heteroatoms. The zero-order valence-corrected chi connectivity index (χ0v) is 9.06. The summed E-state index contributed by atoms with van der Waals surface area (Å²) in [5, 5.41) is 0. The zero-order chi connectivity index (χ0) is 11.9. The molecule has 0 saturated heterocycles. The van der Waals surface area contributed by atoms with Gasteiger partial charge in [0, 0.05) is 19.4 Å². The first-order chi connectivity index (χ1) is 6.90. The number of ketones is 1. The predicted octanol–water partition coefficient (Wildman–Crippen LogP) is 3.10. The van der Waals surface area contributed by atoms with Gasteiger partial charge < -0.3 is 4.74 Å². The lowest BCUT2D eigenvalue weighted by Gasteiger charge is -2.13. The van der Waals surface area contributed by atoms with Crippen molar-refractivity contribution in [1.82, 2.24) is 0 Å². The Bertz CT molecular complexity index is 190. The van der Waals surface area contributed by atoms with Gasteiger partial charge >= 0.3 is 6.18 Å². The van der Waals surface area contributed by atoms with Crippen LogP contribution in [0.15, 0.2) is 0 Å². The molecule has 0 aromatic heterocycles. The maximum Gasteiger partial charge on any atom is 0.389 e. The molecule has 0 aliphatic rings. The fraction of sp³-hybridized carbons (Fsp3) is 0.900. The molecule has 0 rings (SSSR count). The third-order valence-corrected chi connectivity index (χ3v) is 1.98. The molecule has 0 amide bonds. The van der Waals surface area contributed by atoms with Crippen LogP contribution in [0.2, 0.25) is 0 Å². The summed E-state index contributed by atoms with van der Waals surface area (Å²) in [5.74, 6) is -0.233. The van der Waals surface area contributed by atoms with Gasteiger partial charge in [0.05, 0.1) is 0 Å². The van der Waals surface area contributed by atoms with E-state index in [2.05, 4.69) is 0 Å². The molecule has 15 heavy (non-hydrogen) atoms. The molecule has 0 heterocycles. The largest absolute Gasteiger partial charge is 0.389 e. The normalized spacial score (nSPS) is 13.9. The van der Waals surface area contributed by atoms with Crippen LogP contribution in [0.3, 0.4) is 0 Å². The minimum absolute atomic E-state index is 0.0575. The standard InChI is InChI=1S/C10H17F3O2/c1-3-9(15-4-2)8(14)6-5-7-10(11,12)13/h9H,3-7H2,1-2H3. The van der Waals surface area contributed by atoms with Crippen molar-refractivity contribution in [3.8, 4) is 0 Å². The van der Waals surface area contributed by atoms with Gasteiger partial charge in [-0.1, -0.05) is 6.92 Å². The van der Waals surface area contributed by atoms with E-state index in [9.17, 15) is 18.0 Å². The topological polar surface area (TPSA) is 26.3 Å². The fourth-order valence-electron chi connectivity index (χ4n) is 1.26. The minimum atomic E-state index is -4.17. The Morgan fingerprint density at radius 1 is 1.33 bits per heavy atom. The first-order valence-corrected chi connectivity index (χ1v) is 5.11. The van der Waals surface area contributed by atoms with Crippen molar-refractivity contribution in [2.24, 2.45) is 0 Å². The van der Waals surface area contributed by atoms with Crippen molar-refractivity contribution in [2.75, 3.05) is 6.61 Å². The van der Waals surface area contributed by atoms with Crippen LogP contribution >= 0.6 is 0 Å². The Balaban J connectivity index is 3.81.